The van der Waals surface area contributed by atoms with Crippen LogP contribution in [0.15, 0.2) is 24.3 Å². The van der Waals surface area contributed by atoms with Crippen LogP contribution in [0.4, 0.5) is 5.82 Å². The monoisotopic (exact) mass is 231 g/mol. The number of rotatable bonds is 3. The summed E-state index contributed by atoms with van der Waals surface area (Å²) in [6.07, 6.45) is 0. The number of hydrogen-bond acceptors (Lipinski definition) is 3. The minimum atomic E-state index is 0.339. The van der Waals surface area contributed by atoms with Gasteiger partial charge in [0.15, 0.2) is 0 Å². The Morgan fingerprint density at radius 2 is 1.88 bits per heavy atom. The van der Waals surface area contributed by atoms with Gasteiger partial charge in [0, 0.05) is 11.1 Å². The van der Waals surface area contributed by atoms with E-state index in [4.69, 9.17) is 10.5 Å². The molecular weight excluding hydrogens is 214 g/mol. The number of benzene rings is 1. The second kappa shape index (κ2) is 4.49. The molecule has 2 rings (SSSR count). The van der Waals surface area contributed by atoms with Crippen LogP contribution in [-0.4, -0.2) is 17.3 Å². The molecule has 1 heterocycles. The van der Waals surface area contributed by atoms with Crippen molar-refractivity contribution in [2.45, 2.75) is 19.8 Å². The van der Waals surface area contributed by atoms with Gasteiger partial charge in [-0.1, -0.05) is 13.8 Å². The molecule has 0 aliphatic carbocycles. The van der Waals surface area contributed by atoms with E-state index >= 15 is 0 Å². The fourth-order valence-corrected chi connectivity index (χ4v) is 1.93. The van der Waals surface area contributed by atoms with Gasteiger partial charge in [-0.25, -0.2) is 0 Å². The van der Waals surface area contributed by atoms with Crippen LogP contribution in [0.1, 0.15) is 25.3 Å². The fourth-order valence-electron chi connectivity index (χ4n) is 1.93. The fraction of sp³-hybridized carbons (Fsp3) is 0.308. The number of aromatic amines is 1. The predicted octanol–water partition coefficient (Wildman–Crippen LogP) is 2.79. The highest BCUT2D eigenvalue weighted by atomic mass is 16.5. The number of nitrogens with one attached hydrogen (secondary N) is 1. The average molecular weight is 231 g/mol. The molecule has 0 aliphatic heterocycles. The molecule has 90 valence electrons. The summed E-state index contributed by atoms with van der Waals surface area (Å²) >= 11 is 0. The molecule has 1 aromatic heterocycles. The highest BCUT2D eigenvalue weighted by Crippen LogP contribution is 2.31. The zero-order chi connectivity index (χ0) is 12.4. The second-order valence-corrected chi connectivity index (χ2v) is 4.28. The Labute approximate surface area is 101 Å². The first-order valence-electron chi connectivity index (χ1n) is 5.61. The third-order valence-electron chi connectivity index (χ3n) is 2.79. The summed E-state index contributed by atoms with van der Waals surface area (Å²) in [6, 6.07) is 7.85. The molecule has 2 aromatic rings. The molecule has 3 N–H and O–H groups in total. The highest BCUT2D eigenvalue weighted by Gasteiger charge is 2.15. The Morgan fingerprint density at radius 1 is 1.24 bits per heavy atom. The number of H-pyrrole nitrogens is 1. The maximum absolute atomic E-state index is 5.87. The van der Waals surface area contributed by atoms with Crippen molar-refractivity contribution in [3.63, 3.8) is 0 Å². The summed E-state index contributed by atoms with van der Waals surface area (Å²) in [4.78, 5) is 0. The Balaban J connectivity index is 2.45. The van der Waals surface area contributed by atoms with E-state index in [-0.39, 0.29) is 0 Å². The van der Waals surface area contributed by atoms with Gasteiger partial charge in [-0.15, -0.1) is 0 Å². The first kappa shape index (κ1) is 11.5. The molecule has 0 atom stereocenters. The molecule has 0 saturated carbocycles. The number of nitrogens with two attached hydrogens (primary N) is 1. The first-order valence-corrected chi connectivity index (χ1v) is 5.61. The number of nitrogens with zero attached hydrogens (tertiary/aromatic N) is 1. The van der Waals surface area contributed by atoms with Crippen LogP contribution < -0.4 is 10.5 Å². The topological polar surface area (TPSA) is 63.9 Å². The number of hydrogen-bond donors (Lipinski definition) is 2. The van der Waals surface area contributed by atoms with Crippen molar-refractivity contribution in [2.24, 2.45) is 0 Å². The summed E-state index contributed by atoms with van der Waals surface area (Å²) in [7, 11) is 1.66. The summed E-state index contributed by atoms with van der Waals surface area (Å²) in [5, 5.41) is 7.07. The maximum Gasteiger partial charge on any atom is 0.149 e. The smallest absolute Gasteiger partial charge is 0.149 e. The summed E-state index contributed by atoms with van der Waals surface area (Å²) in [6.45, 7) is 4.21. The summed E-state index contributed by atoms with van der Waals surface area (Å²) in [5.41, 5.74) is 8.99. The van der Waals surface area contributed by atoms with Gasteiger partial charge in [0.05, 0.1) is 12.8 Å². The maximum atomic E-state index is 5.87. The Hall–Kier alpha value is -1.97. The zero-order valence-electron chi connectivity index (χ0n) is 10.3. The van der Waals surface area contributed by atoms with Crippen molar-refractivity contribution >= 4 is 5.82 Å². The molecule has 0 unspecified atom stereocenters. The quantitative estimate of drug-likeness (QED) is 0.853. The molecule has 1 aromatic carbocycles. The van der Waals surface area contributed by atoms with Crippen molar-refractivity contribution in [3.8, 4) is 17.0 Å². The number of anilines is 1. The normalized spacial score (nSPS) is 10.8. The van der Waals surface area contributed by atoms with E-state index in [0.29, 0.717) is 11.7 Å². The number of nitrogen functional groups attached to an aromatic ring is 1. The Morgan fingerprint density at radius 3 is 2.41 bits per heavy atom. The van der Waals surface area contributed by atoms with Gasteiger partial charge in [0.2, 0.25) is 0 Å². The van der Waals surface area contributed by atoms with Gasteiger partial charge in [0.1, 0.15) is 11.6 Å². The minimum Gasteiger partial charge on any atom is -0.497 e. The van der Waals surface area contributed by atoms with E-state index in [2.05, 4.69) is 24.0 Å². The van der Waals surface area contributed by atoms with Gasteiger partial charge < -0.3 is 10.5 Å². The number of methoxy groups -OCH3 is 1. The zero-order valence-corrected chi connectivity index (χ0v) is 10.3. The van der Waals surface area contributed by atoms with Crippen molar-refractivity contribution in [1.29, 1.82) is 0 Å². The minimum absolute atomic E-state index is 0.339. The number of ether oxygens (including phenoxy) is 1. The molecule has 0 fully saturated rings. The molecule has 0 bridgehead atoms. The van der Waals surface area contributed by atoms with Gasteiger partial charge in [-0.3, -0.25) is 5.10 Å². The van der Waals surface area contributed by atoms with E-state index in [1.807, 2.05) is 24.3 Å². The molecule has 0 saturated heterocycles. The molecule has 4 heteroatoms. The van der Waals surface area contributed by atoms with E-state index in [0.717, 1.165) is 22.6 Å². The lowest BCUT2D eigenvalue weighted by Crippen LogP contribution is -1.95. The van der Waals surface area contributed by atoms with Gasteiger partial charge in [-0.05, 0) is 30.2 Å². The van der Waals surface area contributed by atoms with E-state index in [1.54, 1.807) is 7.11 Å². The van der Waals surface area contributed by atoms with Crippen molar-refractivity contribution in [2.75, 3.05) is 12.8 Å². The van der Waals surface area contributed by atoms with Crippen LogP contribution in [0.2, 0.25) is 0 Å². The third kappa shape index (κ3) is 2.11. The predicted molar refractivity (Wildman–Crippen MR) is 69.1 cm³/mol. The molecule has 4 nitrogen and oxygen atoms in total. The van der Waals surface area contributed by atoms with Crippen LogP contribution >= 0.6 is 0 Å². The van der Waals surface area contributed by atoms with Crippen LogP contribution in [0.3, 0.4) is 0 Å². The molecule has 0 aliphatic rings. The van der Waals surface area contributed by atoms with Crippen LogP contribution in [0, 0.1) is 0 Å². The van der Waals surface area contributed by atoms with Crippen molar-refractivity contribution in [3.05, 3.63) is 29.8 Å². The first-order chi connectivity index (χ1) is 8.13. The molecular formula is C13H17N3O. The average Bonchev–Trinajstić information content (AvgIpc) is 2.71. The van der Waals surface area contributed by atoms with Crippen molar-refractivity contribution in [1.82, 2.24) is 10.2 Å². The largest absolute Gasteiger partial charge is 0.497 e. The molecule has 17 heavy (non-hydrogen) atoms. The highest BCUT2D eigenvalue weighted by molar-refractivity contribution is 5.69. The lowest BCUT2D eigenvalue weighted by molar-refractivity contribution is 0.415. The number of aromatic nitrogens is 2. The third-order valence-corrected chi connectivity index (χ3v) is 2.79. The van der Waals surface area contributed by atoms with Crippen molar-refractivity contribution < 1.29 is 4.74 Å². The second-order valence-electron chi connectivity index (χ2n) is 4.28. The van der Waals surface area contributed by atoms with Gasteiger partial charge >= 0.3 is 0 Å². The SMILES string of the molecule is COc1ccc(-c2[nH]nc(N)c2C(C)C)cc1. The van der Waals surface area contributed by atoms with E-state index in [1.165, 1.54) is 0 Å². The standard InChI is InChI=1S/C13H17N3O/c1-8(2)11-12(15-16-13(11)14)9-4-6-10(17-3)7-5-9/h4-8H,1-3H3,(H3,14,15,16). The molecule has 0 radical (unpaired) electrons. The van der Waals surface area contributed by atoms with Crippen LogP contribution in [0.5, 0.6) is 5.75 Å². The van der Waals surface area contributed by atoms with Gasteiger partial charge in [-0.2, -0.15) is 5.10 Å². The molecule has 0 spiro atoms. The van der Waals surface area contributed by atoms with Crippen LogP contribution in [0.25, 0.3) is 11.3 Å². The Kier molecular flexibility index (Phi) is 3.04. The summed E-state index contributed by atoms with van der Waals surface area (Å²) < 4.78 is 5.14. The van der Waals surface area contributed by atoms with E-state index in [9.17, 15) is 0 Å². The summed E-state index contributed by atoms with van der Waals surface area (Å²) in [5.74, 6) is 1.75. The lowest BCUT2D eigenvalue weighted by atomic mass is 9.99. The lowest BCUT2D eigenvalue weighted by Gasteiger charge is -2.08. The molecule has 0 amide bonds. The van der Waals surface area contributed by atoms with Gasteiger partial charge in [0.25, 0.3) is 0 Å². The Bertz CT molecular complexity index is 500. The van der Waals surface area contributed by atoms with E-state index < -0.39 is 0 Å². The van der Waals surface area contributed by atoms with Crippen LogP contribution in [-0.2, 0) is 0 Å².